The number of rotatable bonds is 38. The van der Waals surface area contributed by atoms with Crippen molar-refractivity contribution in [1.29, 1.82) is 0 Å². The maximum atomic E-state index is 12.4. The van der Waals surface area contributed by atoms with Crippen LogP contribution in [0.15, 0.2) is 73.1 Å². The number of nitrogens with two attached hydrogens (primary N) is 1. The molecule has 0 aromatic heterocycles. The standard InChI is InChI=1S/C43H76NO7P/c1-3-5-7-9-11-13-15-17-19-20-21-22-23-24-26-28-30-32-34-36-43(45)49-40-42(41-51-52(46,47)50-39-37-44)48-38-35-33-31-29-27-25-18-16-14-12-10-8-6-4-2/h5,7,11,13,17,19,21-22,24,26,35,38,42H,3-4,6,8-10,12,14-16,18,20,23,25,27-34,36-37,39-41,44H2,1-2H3,(H,46,47). The van der Waals surface area contributed by atoms with Crippen LogP contribution in [0, 0.1) is 0 Å². The lowest BCUT2D eigenvalue weighted by Gasteiger charge is -2.19. The number of unbranched alkanes of at least 4 members (excludes halogenated alkanes) is 15. The third kappa shape index (κ3) is 39.0. The summed E-state index contributed by atoms with van der Waals surface area (Å²) in [6.45, 7) is 4.05. The van der Waals surface area contributed by atoms with Gasteiger partial charge in [-0.15, -0.1) is 0 Å². The molecule has 2 unspecified atom stereocenters. The SMILES string of the molecule is CCC=CCC=CCC=CCC=CCC=CCCCCCC(=O)OCC(COP(=O)(O)OCCN)OC=CCCCCCCCCCCCCCC. The van der Waals surface area contributed by atoms with Crippen LogP contribution in [0.2, 0.25) is 0 Å². The number of allylic oxidation sites excluding steroid dienone is 11. The van der Waals surface area contributed by atoms with Crippen LogP contribution in [-0.4, -0.2) is 43.3 Å². The van der Waals surface area contributed by atoms with E-state index in [9.17, 15) is 14.3 Å². The first-order chi connectivity index (χ1) is 25.4. The predicted molar refractivity (Wildman–Crippen MR) is 219 cm³/mol. The molecule has 0 amide bonds. The Morgan fingerprint density at radius 2 is 1.10 bits per heavy atom. The average Bonchev–Trinajstić information content (AvgIpc) is 3.14. The van der Waals surface area contributed by atoms with Crippen molar-refractivity contribution in [3.8, 4) is 0 Å². The lowest BCUT2D eigenvalue weighted by atomic mass is 10.0. The van der Waals surface area contributed by atoms with E-state index in [4.69, 9.17) is 24.3 Å². The molecule has 52 heavy (non-hydrogen) atoms. The summed E-state index contributed by atoms with van der Waals surface area (Å²) in [5.41, 5.74) is 5.35. The zero-order valence-electron chi connectivity index (χ0n) is 33.0. The number of carbonyl (C=O) groups is 1. The first-order valence-corrected chi connectivity index (χ1v) is 22.0. The van der Waals surface area contributed by atoms with Gasteiger partial charge in [0.15, 0.2) is 6.10 Å². The van der Waals surface area contributed by atoms with Crippen LogP contribution >= 0.6 is 7.82 Å². The van der Waals surface area contributed by atoms with Crippen LogP contribution in [0.3, 0.4) is 0 Å². The molecule has 0 aliphatic heterocycles. The summed E-state index contributed by atoms with van der Waals surface area (Å²) in [6, 6.07) is 0. The van der Waals surface area contributed by atoms with Crippen molar-refractivity contribution >= 4 is 13.8 Å². The van der Waals surface area contributed by atoms with E-state index in [0.29, 0.717) is 6.42 Å². The summed E-state index contributed by atoms with van der Waals surface area (Å²) in [5.74, 6) is -0.324. The van der Waals surface area contributed by atoms with Gasteiger partial charge in [0.05, 0.1) is 19.5 Å². The van der Waals surface area contributed by atoms with Gasteiger partial charge in [0, 0.05) is 13.0 Å². The van der Waals surface area contributed by atoms with Crippen molar-refractivity contribution in [3.63, 3.8) is 0 Å². The molecule has 2 atom stereocenters. The fourth-order valence-corrected chi connectivity index (χ4v) is 5.95. The molecule has 0 heterocycles. The summed E-state index contributed by atoms with van der Waals surface area (Å²) in [4.78, 5) is 22.2. The summed E-state index contributed by atoms with van der Waals surface area (Å²) in [5, 5.41) is 0. The topological polar surface area (TPSA) is 117 Å². The van der Waals surface area contributed by atoms with Crippen molar-refractivity contribution in [2.75, 3.05) is 26.4 Å². The van der Waals surface area contributed by atoms with Gasteiger partial charge in [-0.05, 0) is 70.3 Å². The molecule has 0 bridgehead atoms. The normalized spacial score (nSPS) is 14.2. The van der Waals surface area contributed by atoms with E-state index in [2.05, 4.69) is 74.6 Å². The number of hydrogen-bond acceptors (Lipinski definition) is 7. The molecule has 8 nitrogen and oxygen atoms in total. The molecule has 0 radical (unpaired) electrons. The van der Waals surface area contributed by atoms with Crippen molar-refractivity contribution in [3.05, 3.63) is 73.1 Å². The number of ether oxygens (including phenoxy) is 2. The number of phosphoric acid groups is 1. The second-order valence-corrected chi connectivity index (χ2v) is 14.6. The minimum atomic E-state index is -4.28. The summed E-state index contributed by atoms with van der Waals surface area (Å²) in [7, 11) is -4.28. The smallest absolute Gasteiger partial charge is 0.472 e. The van der Waals surface area contributed by atoms with Crippen LogP contribution in [-0.2, 0) is 27.9 Å². The van der Waals surface area contributed by atoms with Crippen molar-refractivity contribution in [1.82, 2.24) is 0 Å². The van der Waals surface area contributed by atoms with Gasteiger partial charge in [0.1, 0.15) is 6.61 Å². The first-order valence-electron chi connectivity index (χ1n) is 20.5. The Kier molecular flexibility index (Phi) is 38.3. The third-order valence-corrected chi connectivity index (χ3v) is 9.21. The predicted octanol–water partition coefficient (Wildman–Crippen LogP) is 12.3. The highest BCUT2D eigenvalue weighted by Gasteiger charge is 2.24. The molecule has 0 saturated heterocycles. The van der Waals surface area contributed by atoms with E-state index >= 15 is 0 Å². The molecule has 0 aliphatic rings. The quantitative estimate of drug-likeness (QED) is 0.0211. The zero-order chi connectivity index (χ0) is 38.1. The van der Waals surface area contributed by atoms with Gasteiger partial charge in [0.2, 0.25) is 0 Å². The molecule has 0 rings (SSSR count). The minimum Gasteiger partial charge on any atom is -0.492 e. The monoisotopic (exact) mass is 750 g/mol. The van der Waals surface area contributed by atoms with Gasteiger partial charge < -0.3 is 20.1 Å². The van der Waals surface area contributed by atoms with Crippen LogP contribution in [0.4, 0.5) is 0 Å². The van der Waals surface area contributed by atoms with Crippen LogP contribution in [0.25, 0.3) is 0 Å². The zero-order valence-corrected chi connectivity index (χ0v) is 33.9. The second kappa shape index (κ2) is 40.0. The van der Waals surface area contributed by atoms with Gasteiger partial charge in [-0.1, -0.05) is 152 Å². The number of esters is 1. The van der Waals surface area contributed by atoms with Gasteiger partial charge in [-0.3, -0.25) is 13.8 Å². The molecule has 0 aliphatic carbocycles. The maximum Gasteiger partial charge on any atom is 0.472 e. The van der Waals surface area contributed by atoms with E-state index in [1.165, 1.54) is 70.6 Å². The second-order valence-electron chi connectivity index (χ2n) is 13.2. The van der Waals surface area contributed by atoms with E-state index in [1.54, 1.807) is 6.26 Å². The number of carbonyl (C=O) groups excluding carboxylic acids is 1. The Labute approximate surface area is 318 Å². The van der Waals surface area contributed by atoms with Gasteiger partial charge in [-0.2, -0.15) is 0 Å². The lowest BCUT2D eigenvalue weighted by Crippen LogP contribution is -2.25. The fourth-order valence-electron chi connectivity index (χ4n) is 5.18. The Morgan fingerprint density at radius 3 is 1.63 bits per heavy atom. The molecule has 0 spiro atoms. The van der Waals surface area contributed by atoms with Crippen molar-refractivity contribution in [2.24, 2.45) is 5.73 Å². The highest BCUT2D eigenvalue weighted by molar-refractivity contribution is 7.47. The molecule has 0 saturated carbocycles. The maximum absolute atomic E-state index is 12.4. The third-order valence-electron chi connectivity index (χ3n) is 8.23. The molecule has 0 aromatic carbocycles. The van der Waals surface area contributed by atoms with Crippen LogP contribution in [0.1, 0.15) is 162 Å². The van der Waals surface area contributed by atoms with Gasteiger partial charge in [0.25, 0.3) is 0 Å². The molecule has 3 N–H and O–H groups in total. The molecule has 0 aromatic rings. The summed E-state index contributed by atoms with van der Waals surface area (Å²) >= 11 is 0. The van der Waals surface area contributed by atoms with Gasteiger partial charge in [-0.25, -0.2) is 4.57 Å². The molecule has 0 fully saturated rings. The number of phosphoric ester groups is 1. The van der Waals surface area contributed by atoms with Crippen LogP contribution in [0.5, 0.6) is 0 Å². The van der Waals surface area contributed by atoms with E-state index in [-0.39, 0.29) is 32.3 Å². The minimum absolute atomic E-state index is 0.0846. The highest BCUT2D eigenvalue weighted by atomic mass is 31.2. The molecular weight excluding hydrogens is 673 g/mol. The molecular formula is C43H76NO7P. The fraction of sp³-hybridized carbons (Fsp3) is 0.698. The Morgan fingerprint density at radius 1 is 0.615 bits per heavy atom. The molecule has 300 valence electrons. The average molecular weight is 750 g/mol. The van der Waals surface area contributed by atoms with Crippen molar-refractivity contribution in [2.45, 2.75) is 168 Å². The Bertz CT molecular complexity index is 1020. The lowest BCUT2D eigenvalue weighted by molar-refractivity contribution is -0.147. The van der Waals surface area contributed by atoms with Gasteiger partial charge >= 0.3 is 13.8 Å². The van der Waals surface area contributed by atoms with Crippen LogP contribution < -0.4 is 5.73 Å². The van der Waals surface area contributed by atoms with E-state index in [0.717, 1.165) is 70.6 Å². The largest absolute Gasteiger partial charge is 0.492 e. The van der Waals surface area contributed by atoms with Crippen molar-refractivity contribution < 1.29 is 32.8 Å². The Hall–Kier alpha value is -2.22. The summed E-state index contributed by atoms with van der Waals surface area (Å²) in [6.07, 6.45) is 50.2. The number of hydrogen-bond donors (Lipinski definition) is 2. The van der Waals surface area contributed by atoms with E-state index in [1.807, 2.05) is 6.08 Å². The first kappa shape index (κ1) is 49.8. The Balaban J connectivity index is 4.18. The molecule has 9 heteroatoms. The van der Waals surface area contributed by atoms with E-state index < -0.39 is 13.9 Å². The summed E-state index contributed by atoms with van der Waals surface area (Å²) < 4.78 is 33.1. The highest BCUT2D eigenvalue weighted by Crippen LogP contribution is 2.43.